The molecule has 1 fully saturated rings. The lowest BCUT2D eigenvalue weighted by Gasteiger charge is -2.29. The van der Waals surface area contributed by atoms with Crippen molar-refractivity contribution in [3.05, 3.63) is 53.8 Å². The van der Waals surface area contributed by atoms with Gasteiger partial charge in [-0.15, -0.1) is 0 Å². The Morgan fingerprint density at radius 2 is 1.81 bits per heavy atom. The number of fused-ring (bicyclic) bond motifs is 1. The van der Waals surface area contributed by atoms with Crippen molar-refractivity contribution in [2.45, 2.75) is 38.3 Å². The molecule has 0 bridgehead atoms. The second kappa shape index (κ2) is 9.47. The lowest BCUT2D eigenvalue weighted by atomic mass is 9.86. The molecular formula is C24H30FN5O. The number of anilines is 2. The van der Waals surface area contributed by atoms with Crippen molar-refractivity contribution in [3.8, 4) is 5.75 Å². The standard InChI is InChI=1S/C24H30FN5O/c1-30(2)23-19-7-3-4-9-21(19)28-24(29-23)27-18-12-10-16(11-13-18)14-26-15-17-6-5-8-20(25)22(17)31/h3-9,16,18,26,31H,10-15H2,1-2H3,(H,27,28,29). The Hall–Kier alpha value is -2.93. The highest BCUT2D eigenvalue weighted by Gasteiger charge is 2.22. The summed E-state index contributed by atoms with van der Waals surface area (Å²) in [4.78, 5) is 11.5. The zero-order valence-corrected chi connectivity index (χ0v) is 18.1. The van der Waals surface area contributed by atoms with Crippen molar-refractivity contribution in [2.24, 2.45) is 5.92 Å². The number of aromatic nitrogens is 2. The fourth-order valence-corrected chi connectivity index (χ4v) is 4.27. The maximum atomic E-state index is 13.4. The van der Waals surface area contributed by atoms with Gasteiger partial charge < -0.3 is 20.6 Å². The molecule has 2 aromatic carbocycles. The van der Waals surface area contributed by atoms with Crippen LogP contribution in [0, 0.1) is 11.7 Å². The van der Waals surface area contributed by atoms with Gasteiger partial charge in [-0.2, -0.15) is 4.98 Å². The summed E-state index contributed by atoms with van der Waals surface area (Å²) in [5, 5.41) is 17.8. The van der Waals surface area contributed by atoms with E-state index in [0.29, 0.717) is 30.0 Å². The third kappa shape index (κ3) is 5.05. The molecule has 0 unspecified atom stereocenters. The minimum atomic E-state index is -0.570. The average molecular weight is 424 g/mol. The van der Waals surface area contributed by atoms with E-state index in [1.54, 1.807) is 12.1 Å². The molecule has 1 aliphatic rings. The van der Waals surface area contributed by atoms with Crippen molar-refractivity contribution < 1.29 is 9.50 Å². The molecule has 7 heteroatoms. The Morgan fingerprint density at radius 1 is 1.03 bits per heavy atom. The first-order valence-electron chi connectivity index (χ1n) is 10.9. The number of nitrogens with one attached hydrogen (secondary N) is 2. The molecule has 1 aliphatic carbocycles. The van der Waals surface area contributed by atoms with Crippen LogP contribution in [-0.4, -0.2) is 41.8 Å². The van der Waals surface area contributed by atoms with Crippen LogP contribution >= 0.6 is 0 Å². The van der Waals surface area contributed by atoms with Crippen LogP contribution in [0.1, 0.15) is 31.2 Å². The van der Waals surface area contributed by atoms with Crippen molar-refractivity contribution in [3.63, 3.8) is 0 Å². The van der Waals surface area contributed by atoms with Crippen LogP contribution in [-0.2, 0) is 6.54 Å². The molecule has 4 rings (SSSR count). The van der Waals surface area contributed by atoms with Crippen LogP contribution in [0.5, 0.6) is 5.75 Å². The number of aromatic hydroxyl groups is 1. The van der Waals surface area contributed by atoms with Gasteiger partial charge in [-0.3, -0.25) is 0 Å². The summed E-state index contributed by atoms with van der Waals surface area (Å²) in [6.45, 7) is 1.33. The number of para-hydroxylation sites is 2. The zero-order chi connectivity index (χ0) is 21.8. The maximum absolute atomic E-state index is 13.4. The third-order valence-electron chi connectivity index (χ3n) is 6.01. The van der Waals surface area contributed by atoms with Crippen molar-refractivity contribution in [2.75, 3.05) is 30.9 Å². The van der Waals surface area contributed by atoms with Crippen LogP contribution < -0.4 is 15.5 Å². The van der Waals surface area contributed by atoms with Crippen molar-refractivity contribution in [1.82, 2.24) is 15.3 Å². The van der Waals surface area contributed by atoms with Gasteiger partial charge in [0.1, 0.15) is 5.82 Å². The van der Waals surface area contributed by atoms with Crippen LogP contribution in [0.3, 0.4) is 0 Å². The Morgan fingerprint density at radius 3 is 2.58 bits per heavy atom. The number of phenols is 1. The molecule has 3 aromatic rings. The quantitative estimate of drug-likeness (QED) is 0.526. The van der Waals surface area contributed by atoms with Crippen molar-refractivity contribution in [1.29, 1.82) is 0 Å². The summed E-state index contributed by atoms with van der Waals surface area (Å²) in [7, 11) is 4.00. The first-order valence-corrected chi connectivity index (χ1v) is 10.9. The summed E-state index contributed by atoms with van der Waals surface area (Å²) in [6, 6.07) is 13.1. The van der Waals surface area contributed by atoms with Gasteiger partial charge in [-0.25, -0.2) is 9.37 Å². The van der Waals surface area contributed by atoms with Crippen LogP contribution in [0.15, 0.2) is 42.5 Å². The molecule has 0 amide bonds. The highest BCUT2D eigenvalue weighted by molar-refractivity contribution is 5.90. The average Bonchev–Trinajstić information content (AvgIpc) is 2.77. The smallest absolute Gasteiger partial charge is 0.225 e. The Kier molecular flexibility index (Phi) is 6.51. The van der Waals surface area contributed by atoms with Crippen LogP contribution in [0.2, 0.25) is 0 Å². The molecule has 1 aromatic heterocycles. The number of halogens is 1. The molecule has 3 N–H and O–H groups in total. The summed E-state index contributed by atoms with van der Waals surface area (Å²) in [6.07, 6.45) is 4.33. The largest absolute Gasteiger partial charge is 0.505 e. The maximum Gasteiger partial charge on any atom is 0.225 e. The minimum Gasteiger partial charge on any atom is -0.505 e. The number of hydrogen-bond donors (Lipinski definition) is 3. The van der Waals surface area contributed by atoms with E-state index in [9.17, 15) is 9.50 Å². The second-order valence-corrected chi connectivity index (χ2v) is 8.52. The Bertz CT molecular complexity index is 1030. The molecule has 0 saturated heterocycles. The van der Waals surface area contributed by atoms with E-state index in [-0.39, 0.29) is 5.75 Å². The first kappa shape index (κ1) is 21.3. The monoisotopic (exact) mass is 423 g/mol. The summed E-state index contributed by atoms with van der Waals surface area (Å²) in [5.41, 5.74) is 1.54. The van der Waals surface area contributed by atoms with Gasteiger partial charge in [0, 0.05) is 37.6 Å². The number of phenolic OH excluding ortho intramolecular Hbond substituents is 1. The van der Waals surface area contributed by atoms with Crippen LogP contribution in [0.25, 0.3) is 10.9 Å². The molecule has 31 heavy (non-hydrogen) atoms. The molecule has 164 valence electrons. The van der Waals surface area contributed by atoms with Crippen molar-refractivity contribution >= 4 is 22.7 Å². The number of rotatable bonds is 7. The van der Waals surface area contributed by atoms with Gasteiger partial charge in [0.05, 0.1) is 5.52 Å². The molecule has 0 aliphatic heterocycles. The summed E-state index contributed by atoms with van der Waals surface area (Å²) < 4.78 is 13.4. The molecular weight excluding hydrogens is 393 g/mol. The normalized spacial score (nSPS) is 18.8. The van der Waals surface area contributed by atoms with Gasteiger partial charge in [0.2, 0.25) is 5.95 Å². The van der Waals surface area contributed by atoms with Crippen LogP contribution in [0.4, 0.5) is 16.2 Å². The van der Waals surface area contributed by atoms with E-state index in [2.05, 4.69) is 16.7 Å². The summed E-state index contributed by atoms with van der Waals surface area (Å²) >= 11 is 0. The minimum absolute atomic E-state index is 0.254. The SMILES string of the molecule is CN(C)c1nc(NC2CCC(CNCc3cccc(F)c3O)CC2)nc2ccccc12. The zero-order valence-electron chi connectivity index (χ0n) is 18.1. The number of hydrogen-bond acceptors (Lipinski definition) is 6. The van der Waals surface area contributed by atoms with Gasteiger partial charge in [-0.1, -0.05) is 24.3 Å². The van der Waals surface area contributed by atoms with E-state index >= 15 is 0 Å². The van der Waals surface area contributed by atoms with E-state index in [1.807, 2.05) is 37.2 Å². The lowest BCUT2D eigenvalue weighted by Crippen LogP contribution is -2.31. The van der Waals surface area contributed by atoms with Gasteiger partial charge >= 0.3 is 0 Å². The lowest BCUT2D eigenvalue weighted by molar-refractivity contribution is 0.322. The van der Waals surface area contributed by atoms with Gasteiger partial charge in [0.25, 0.3) is 0 Å². The van der Waals surface area contributed by atoms with E-state index in [1.165, 1.54) is 6.07 Å². The van der Waals surface area contributed by atoms with E-state index < -0.39 is 5.82 Å². The first-order chi connectivity index (χ1) is 15.0. The Labute approximate surface area is 182 Å². The van der Waals surface area contributed by atoms with Gasteiger partial charge in [0.15, 0.2) is 11.6 Å². The Balaban J connectivity index is 1.30. The molecule has 1 saturated carbocycles. The number of nitrogens with zero attached hydrogens (tertiary/aromatic N) is 3. The fraction of sp³-hybridized carbons (Fsp3) is 0.417. The number of benzene rings is 2. The molecule has 1 heterocycles. The van der Waals surface area contributed by atoms with E-state index in [4.69, 9.17) is 9.97 Å². The van der Waals surface area contributed by atoms with Gasteiger partial charge in [-0.05, 0) is 56.3 Å². The molecule has 6 nitrogen and oxygen atoms in total. The molecule has 0 radical (unpaired) electrons. The predicted molar refractivity (Wildman–Crippen MR) is 123 cm³/mol. The highest BCUT2D eigenvalue weighted by atomic mass is 19.1. The van der Waals surface area contributed by atoms with E-state index in [0.717, 1.165) is 48.9 Å². The molecule has 0 atom stereocenters. The fourth-order valence-electron chi connectivity index (χ4n) is 4.27. The second-order valence-electron chi connectivity index (χ2n) is 8.52. The predicted octanol–water partition coefficient (Wildman–Crippen LogP) is 4.30. The summed E-state index contributed by atoms with van der Waals surface area (Å²) in [5.74, 6) is 1.36. The molecule has 0 spiro atoms. The topological polar surface area (TPSA) is 73.3 Å². The third-order valence-corrected chi connectivity index (χ3v) is 6.01. The highest BCUT2D eigenvalue weighted by Crippen LogP contribution is 2.28.